The van der Waals surface area contributed by atoms with E-state index in [1.807, 2.05) is 0 Å². The molecule has 10 nitrogen and oxygen atoms in total. The van der Waals surface area contributed by atoms with Gasteiger partial charge in [0.1, 0.15) is 18.2 Å². The lowest BCUT2D eigenvalue weighted by atomic mass is 10.1. The van der Waals surface area contributed by atoms with Crippen molar-refractivity contribution in [3.63, 3.8) is 0 Å². The van der Waals surface area contributed by atoms with Crippen LogP contribution in [0.25, 0.3) is 0 Å². The van der Waals surface area contributed by atoms with Gasteiger partial charge in [-0.3, -0.25) is 19.2 Å². The zero-order valence-corrected chi connectivity index (χ0v) is 20.0. The third-order valence-corrected chi connectivity index (χ3v) is 6.77. The predicted molar refractivity (Wildman–Crippen MR) is 124 cm³/mol. The summed E-state index contributed by atoms with van der Waals surface area (Å²) >= 11 is 2.39. The van der Waals surface area contributed by atoms with E-state index >= 15 is 0 Å². The molecule has 1 aromatic carbocycles. The molecule has 33 heavy (non-hydrogen) atoms. The van der Waals surface area contributed by atoms with Crippen LogP contribution in [-0.2, 0) is 30.3 Å². The zero-order chi connectivity index (χ0) is 24.5. The van der Waals surface area contributed by atoms with Crippen molar-refractivity contribution in [3.8, 4) is 11.5 Å². The Hall–Kier alpha value is -2.44. The van der Waals surface area contributed by atoms with Crippen molar-refractivity contribution in [2.75, 3.05) is 24.0 Å². The van der Waals surface area contributed by atoms with Gasteiger partial charge >= 0.3 is 5.97 Å². The van der Waals surface area contributed by atoms with Crippen LogP contribution in [0.4, 0.5) is 0 Å². The van der Waals surface area contributed by atoms with Gasteiger partial charge < -0.3 is 30.3 Å². The first kappa shape index (κ1) is 26.8. The first-order valence-electron chi connectivity index (χ1n) is 10.3. The van der Waals surface area contributed by atoms with E-state index in [1.165, 1.54) is 41.8 Å². The number of hydrogen-bond donors (Lipinski definition) is 4. The van der Waals surface area contributed by atoms with Gasteiger partial charge in [0.05, 0.1) is 18.9 Å². The van der Waals surface area contributed by atoms with Crippen LogP contribution in [0.5, 0.6) is 11.5 Å². The molecule has 1 aliphatic heterocycles. The van der Waals surface area contributed by atoms with Crippen LogP contribution in [0.1, 0.15) is 25.8 Å². The highest BCUT2D eigenvalue weighted by Crippen LogP contribution is 2.27. The first-order valence-corrected chi connectivity index (χ1v) is 12.5. The Morgan fingerprint density at radius 2 is 2.00 bits per heavy atom. The Bertz CT molecular complexity index is 882. The zero-order valence-electron chi connectivity index (χ0n) is 18.4. The molecule has 182 valence electrons. The number of carbonyl (C=O) groups is 4. The highest BCUT2D eigenvalue weighted by atomic mass is 32.2. The molecule has 0 aromatic heterocycles. The summed E-state index contributed by atoms with van der Waals surface area (Å²) < 4.78 is 4.83. The lowest BCUT2D eigenvalue weighted by Gasteiger charge is -2.26. The number of aliphatic hydroxyl groups excluding tert-OH is 1. The van der Waals surface area contributed by atoms with Crippen LogP contribution in [-0.4, -0.2) is 85.3 Å². The van der Waals surface area contributed by atoms with Crippen LogP contribution in [0.2, 0.25) is 0 Å². The highest BCUT2D eigenvalue weighted by Gasteiger charge is 2.37. The van der Waals surface area contributed by atoms with E-state index < -0.39 is 30.0 Å². The minimum absolute atomic E-state index is 0.0984. The van der Waals surface area contributed by atoms with Crippen molar-refractivity contribution in [2.24, 2.45) is 0 Å². The predicted octanol–water partition coefficient (Wildman–Crippen LogP) is 0.620. The average Bonchev–Trinajstić information content (AvgIpc) is 3.25. The number of ether oxygens (including phenoxy) is 1. The number of phenolic OH excluding ortho intramolecular Hbond substituents is 2. The molecule has 1 fully saturated rings. The van der Waals surface area contributed by atoms with Crippen molar-refractivity contribution >= 4 is 46.4 Å². The highest BCUT2D eigenvalue weighted by molar-refractivity contribution is 8.13. The van der Waals surface area contributed by atoms with E-state index in [2.05, 4.69) is 5.32 Å². The van der Waals surface area contributed by atoms with Crippen molar-refractivity contribution in [3.05, 3.63) is 23.8 Å². The number of benzene rings is 1. The van der Waals surface area contributed by atoms with E-state index in [0.29, 0.717) is 17.2 Å². The van der Waals surface area contributed by atoms with Crippen molar-refractivity contribution in [1.29, 1.82) is 0 Å². The lowest BCUT2D eigenvalue weighted by molar-refractivity contribution is -0.142. The lowest BCUT2D eigenvalue weighted by Crippen LogP contribution is -2.52. The molecule has 3 unspecified atom stereocenters. The molecular weight excluding hydrogens is 472 g/mol. The second-order valence-electron chi connectivity index (χ2n) is 7.32. The molecule has 0 spiro atoms. The summed E-state index contributed by atoms with van der Waals surface area (Å²) in [5.41, 5.74) is 0.424. The van der Waals surface area contributed by atoms with Gasteiger partial charge in [0.25, 0.3) is 0 Å². The largest absolute Gasteiger partial charge is 0.504 e. The number of aromatic hydroxyl groups is 2. The normalized spacial score (nSPS) is 17.3. The van der Waals surface area contributed by atoms with E-state index in [-0.39, 0.29) is 47.8 Å². The van der Waals surface area contributed by atoms with E-state index in [0.717, 1.165) is 11.8 Å². The van der Waals surface area contributed by atoms with Gasteiger partial charge in [0.15, 0.2) is 11.5 Å². The number of amides is 2. The maximum absolute atomic E-state index is 12.8. The van der Waals surface area contributed by atoms with Crippen LogP contribution >= 0.6 is 23.5 Å². The fourth-order valence-corrected chi connectivity index (χ4v) is 5.19. The minimum Gasteiger partial charge on any atom is -0.504 e. The van der Waals surface area contributed by atoms with Gasteiger partial charge in [-0.25, -0.2) is 0 Å². The third-order valence-electron chi connectivity index (χ3n) is 4.79. The van der Waals surface area contributed by atoms with Gasteiger partial charge in [0, 0.05) is 17.9 Å². The van der Waals surface area contributed by atoms with Gasteiger partial charge in [-0.05, 0) is 31.5 Å². The van der Waals surface area contributed by atoms with Crippen molar-refractivity contribution < 1.29 is 39.2 Å². The minimum atomic E-state index is -1.48. The maximum Gasteiger partial charge on any atom is 0.306 e. The maximum atomic E-state index is 12.8. The molecule has 1 aliphatic rings. The van der Waals surface area contributed by atoms with Crippen LogP contribution in [0.3, 0.4) is 0 Å². The number of hydrogen-bond acceptors (Lipinski definition) is 10. The molecular formula is C21H28N2O8S2. The molecule has 2 amide bonds. The summed E-state index contributed by atoms with van der Waals surface area (Å²) in [5.74, 6) is -1.33. The molecule has 12 heteroatoms. The van der Waals surface area contributed by atoms with Crippen molar-refractivity contribution in [1.82, 2.24) is 10.2 Å². The summed E-state index contributed by atoms with van der Waals surface area (Å²) in [6, 6.07) is 2.29. The van der Waals surface area contributed by atoms with Gasteiger partial charge in [-0.2, -0.15) is 0 Å². The Morgan fingerprint density at radius 1 is 1.27 bits per heavy atom. The van der Waals surface area contributed by atoms with Crippen LogP contribution in [0.15, 0.2) is 18.2 Å². The molecule has 0 bridgehead atoms. The Kier molecular flexibility index (Phi) is 10.3. The third kappa shape index (κ3) is 7.83. The summed E-state index contributed by atoms with van der Waals surface area (Å²) in [6.45, 7) is 3.44. The second kappa shape index (κ2) is 12.7. The molecule has 0 radical (unpaired) electrons. The topological polar surface area (TPSA) is 153 Å². The first-order chi connectivity index (χ1) is 15.6. The summed E-state index contributed by atoms with van der Waals surface area (Å²) in [4.78, 5) is 50.5. The molecule has 2 rings (SSSR count). The monoisotopic (exact) mass is 500 g/mol. The van der Waals surface area contributed by atoms with E-state index in [9.17, 15) is 34.5 Å². The van der Waals surface area contributed by atoms with E-state index in [4.69, 9.17) is 4.74 Å². The summed E-state index contributed by atoms with van der Waals surface area (Å²) in [5, 5.41) is 31.3. The number of nitrogens with one attached hydrogen (secondary N) is 1. The number of carbonyl (C=O) groups excluding carboxylic acids is 4. The van der Waals surface area contributed by atoms with Crippen LogP contribution in [0, 0.1) is 0 Å². The second-order valence-corrected chi connectivity index (χ2v) is 9.42. The number of esters is 1. The number of nitrogens with zero attached hydrogens (tertiary/aromatic N) is 1. The molecule has 1 heterocycles. The number of rotatable bonds is 10. The molecule has 1 aromatic rings. The summed E-state index contributed by atoms with van der Waals surface area (Å²) in [7, 11) is 0. The number of phenols is 2. The number of aliphatic hydroxyl groups is 1. The fourth-order valence-electron chi connectivity index (χ4n) is 3.05. The molecule has 4 N–H and O–H groups in total. The number of thioether (sulfide) groups is 2. The fraction of sp³-hybridized carbons (Fsp3) is 0.524. The Morgan fingerprint density at radius 3 is 2.67 bits per heavy atom. The van der Waals surface area contributed by atoms with E-state index in [1.54, 1.807) is 6.92 Å². The standard InChI is InChI=1S/C21H28N2O8S2/c1-3-31-18(27)6-7-33-21(30)14-10-32-11-23(14)20(29)12(2)22-19(28)17(26)9-13-4-5-15(24)16(25)8-13/h4-5,8,12,14,17,24-26H,3,6-7,9-11H2,1-2H3,(H,22,28). The quantitative estimate of drug-likeness (QED) is 0.266. The Labute approximate surface area is 200 Å². The van der Waals surface area contributed by atoms with Gasteiger partial charge in [-0.1, -0.05) is 17.8 Å². The van der Waals surface area contributed by atoms with Crippen LogP contribution < -0.4 is 5.32 Å². The smallest absolute Gasteiger partial charge is 0.306 e. The molecule has 3 atom stereocenters. The SMILES string of the molecule is CCOC(=O)CCSC(=O)C1CSCN1C(=O)C(C)NC(=O)C(O)Cc1ccc(O)c(O)c1. The van der Waals surface area contributed by atoms with Crippen molar-refractivity contribution in [2.45, 2.75) is 44.9 Å². The van der Waals surface area contributed by atoms with Gasteiger partial charge in [-0.15, -0.1) is 11.8 Å². The average molecular weight is 501 g/mol. The summed E-state index contributed by atoms with van der Waals surface area (Å²) in [6.07, 6.45) is -1.51. The molecule has 1 saturated heterocycles. The Balaban J connectivity index is 1.87. The molecule has 0 saturated carbocycles. The van der Waals surface area contributed by atoms with Gasteiger partial charge in [0.2, 0.25) is 16.9 Å². The molecule has 0 aliphatic carbocycles.